The molecule has 1 fully saturated rings. The van der Waals surface area contributed by atoms with E-state index in [1.165, 1.54) is 6.20 Å². The minimum Gasteiger partial charge on any atom is -0.423 e. The van der Waals surface area contributed by atoms with Crippen molar-refractivity contribution in [3.63, 3.8) is 0 Å². The molecule has 2 atom stereocenters. The summed E-state index contributed by atoms with van der Waals surface area (Å²) in [5.41, 5.74) is -0.861. The summed E-state index contributed by atoms with van der Waals surface area (Å²) < 4.78 is 42.4. The molecule has 0 spiro atoms. The molecule has 2 rings (SSSR count). The van der Waals surface area contributed by atoms with Crippen LogP contribution in [-0.2, 0) is 10.8 Å². The molecular formula is C10H11BF3NO2. The molecule has 7 heteroatoms. The van der Waals surface area contributed by atoms with Crippen LogP contribution in [0.15, 0.2) is 18.5 Å². The van der Waals surface area contributed by atoms with E-state index in [1.807, 2.05) is 6.92 Å². The molecule has 3 nitrogen and oxygen atoms in total. The highest BCUT2D eigenvalue weighted by atomic mass is 19.4. The zero-order valence-electron chi connectivity index (χ0n) is 9.11. The van der Waals surface area contributed by atoms with E-state index in [1.54, 1.807) is 0 Å². The second kappa shape index (κ2) is 4.31. The number of aromatic nitrogens is 1. The van der Waals surface area contributed by atoms with Gasteiger partial charge in [0.1, 0.15) is 0 Å². The number of nitrogens with zero attached hydrogens (tertiary/aromatic N) is 1. The molecule has 0 aliphatic heterocycles. The molecule has 17 heavy (non-hydrogen) atoms. The van der Waals surface area contributed by atoms with E-state index >= 15 is 0 Å². The van der Waals surface area contributed by atoms with Gasteiger partial charge in [0.25, 0.3) is 0 Å². The molecule has 1 N–H and O–H groups in total. The second-order valence-electron chi connectivity index (χ2n) is 4.24. The van der Waals surface area contributed by atoms with Gasteiger partial charge >= 0.3 is 13.3 Å². The lowest BCUT2D eigenvalue weighted by Crippen LogP contribution is -2.35. The average Bonchev–Trinajstić information content (AvgIpc) is 2.93. The Morgan fingerprint density at radius 3 is 2.65 bits per heavy atom. The molecule has 0 amide bonds. The highest BCUT2D eigenvalue weighted by Gasteiger charge is 2.38. The molecule has 0 aromatic carbocycles. The Kier molecular flexibility index (Phi) is 3.14. The van der Waals surface area contributed by atoms with Crippen molar-refractivity contribution in [3.8, 4) is 0 Å². The van der Waals surface area contributed by atoms with Gasteiger partial charge in [0.05, 0.1) is 5.56 Å². The van der Waals surface area contributed by atoms with Crippen LogP contribution in [0.25, 0.3) is 0 Å². The Hall–Kier alpha value is -1.08. The van der Waals surface area contributed by atoms with Crippen LogP contribution in [-0.4, -0.2) is 23.2 Å². The van der Waals surface area contributed by atoms with E-state index in [4.69, 9.17) is 4.65 Å². The fraction of sp³-hybridized carbons (Fsp3) is 0.500. The summed E-state index contributed by atoms with van der Waals surface area (Å²) >= 11 is 0. The third-order valence-electron chi connectivity index (χ3n) is 2.71. The summed E-state index contributed by atoms with van der Waals surface area (Å²) in [6.07, 6.45) is -1.82. The van der Waals surface area contributed by atoms with Crippen molar-refractivity contribution in [2.24, 2.45) is 5.92 Å². The summed E-state index contributed by atoms with van der Waals surface area (Å²) in [5, 5.41) is 9.61. The maximum absolute atomic E-state index is 12.4. The van der Waals surface area contributed by atoms with Gasteiger partial charge in [0.15, 0.2) is 0 Å². The van der Waals surface area contributed by atoms with Crippen LogP contribution >= 0.6 is 0 Å². The highest BCUT2D eigenvalue weighted by molar-refractivity contribution is 6.60. The van der Waals surface area contributed by atoms with E-state index in [9.17, 15) is 18.2 Å². The normalized spacial score (nSPS) is 23.6. The summed E-state index contributed by atoms with van der Waals surface area (Å²) in [6, 6.07) is 0.852. The van der Waals surface area contributed by atoms with Crippen LogP contribution in [0, 0.1) is 5.92 Å². The third kappa shape index (κ3) is 2.98. The van der Waals surface area contributed by atoms with Gasteiger partial charge in [-0.3, -0.25) is 4.98 Å². The van der Waals surface area contributed by atoms with E-state index in [0.29, 0.717) is 5.92 Å². The average molecular weight is 245 g/mol. The number of halogens is 3. The van der Waals surface area contributed by atoms with Crippen LogP contribution in [0.1, 0.15) is 18.9 Å². The van der Waals surface area contributed by atoms with Crippen LogP contribution in [0.4, 0.5) is 13.2 Å². The van der Waals surface area contributed by atoms with E-state index < -0.39 is 18.9 Å². The van der Waals surface area contributed by atoms with E-state index in [-0.39, 0.29) is 11.6 Å². The fourth-order valence-electron chi connectivity index (χ4n) is 1.47. The molecule has 1 aromatic rings. The lowest BCUT2D eigenvalue weighted by molar-refractivity contribution is -0.137. The lowest BCUT2D eigenvalue weighted by atomic mass is 9.80. The Labute approximate surface area is 96.8 Å². The van der Waals surface area contributed by atoms with Crippen molar-refractivity contribution in [3.05, 3.63) is 24.0 Å². The maximum atomic E-state index is 12.4. The van der Waals surface area contributed by atoms with Gasteiger partial charge in [0.2, 0.25) is 0 Å². The second-order valence-corrected chi connectivity index (χ2v) is 4.24. The van der Waals surface area contributed by atoms with Gasteiger partial charge in [-0.15, -0.1) is 0 Å². The van der Waals surface area contributed by atoms with Crippen molar-refractivity contribution >= 4 is 12.6 Å². The van der Waals surface area contributed by atoms with E-state index in [2.05, 4.69) is 4.98 Å². The van der Waals surface area contributed by atoms with Gasteiger partial charge in [-0.1, -0.05) is 6.92 Å². The first-order valence-electron chi connectivity index (χ1n) is 5.23. The molecule has 1 saturated carbocycles. The topological polar surface area (TPSA) is 42.4 Å². The summed E-state index contributed by atoms with van der Waals surface area (Å²) in [4.78, 5) is 3.46. The number of alkyl halides is 3. The molecule has 0 saturated heterocycles. The van der Waals surface area contributed by atoms with Crippen LogP contribution in [0.3, 0.4) is 0 Å². The van der Waals surface area contributed by atoms with Crippen molar-refractivity contribution < 1.29 is 22.8 Å². The number of rotatable bonds is 3. The highest BCUT2D eigenvalue weighted by Crippen LogP contribution is 2.33. The molecule has 1 unspecified atom stereocenters. The molecule has 0 bridgehead atoms. The molecule has 1 aliphatic rings. The van der Waals surface area contributed by atoms with Crippen molar-refractivity contribution in [1.82, 2.24) is 4.98 Å². The van der Waals surface area contributed by atoms with Gasteiger partial charge in [-0.2, -0.15) is 13.2 Å². The number of pyridine rings is 1. The fourth-order valence-corrected chi connectivity index (χ4v) is 1.47. The molecule has 1 heterocycles. The van der Waals surface area contributed by atoms with E-state index in [0.717, 1.165) is 18.7 Å². The molecular weight excluding hydrogens is 234 g/mol. The first-order chi connectivity index (χ1) is 7.88. The predicted molar refractivity (Wildman–Crippen MR) is 55.5 cm³/mol. The molecule has 92 valence electrons. The Morgan fingerprint density at radius 1 is 1.47 bits per heavy atom. The lowest BCUT2D eigenvalue weighted by Gasteiger charge is -2.10. The standard InChI is InChI=1S/C10H11BF3NO2/c1-6-2-9(6)17-11(16)8-3-7(4-15-5-8)10(12,13)14/h3-6,9,16H,2H2,1H3/t6?,9-/m0/s1. The first-order valence-corrected chi connectivity index (χ1v) is 5.23. The number of hydrogen-bond donors (Lipinski definition) is 1. The predicted octanol–water partition coefficient (Wildman–Crippen LogP) is 1.21. The summed E-state index contributed by atoms with van der Waals surface area (Å²) in [7, 11) is -1.35. The Bertz CT molecular complexity index is 413. The van der Waals surface area contributed by atoms with Crippen molar-refractivity contribution in [1.29, 1.82) is 0 Å². The molecule has 1 aliphatic carbocycles. The SMILES string of the molecule is CC1C[C@@H]1OB(O)c1cncc(C(F)(F)F)c1. The van der Waals surface area contributed by atoms with Crippen molar-refractivity contribution in [2.45, 2.75) is 25.6 Å². The smallest absolute Gasteiger partial charge is 0.423 e. The Balaban J connectivity index is 2.10. The van der Waals surface area contributed by atoms with Gasteiger partial charge in [-0.25, -0.2) is 0 Å². The van der Waals surface area contributed by atoms with Crippen LogP contribution in [0.5, 0.6) is 0 Å². The molecule has 0 radical (unpaired) electrons. The summed E-state index contributed by atoms with van der Waals surface area (Å²) in [6.45, 7) is 1.95. The summed E-state index contributed by atoms with van der Waals surface area (Å²) in [5.74, 6) is 0.350. The third-order valence-corrected chi connectivity index (χ3v) is 2.71. The van der Waals surface area contributed by atoms with Crippen molar-refractivity contribution in [2.75, 3.05) is 0 Å². The minimum absolute atomic E-state index is 0.0268. The maximum Gasteiger partial charge on any atom is 0.492 e. The van der Waals surface area contributed by atoms with Crippen LogP contribution < -0.4 is 5.46 Å². The zero-order chi connectivity index (χ0) is 12.6. The quantitative estimate of drug-likeness (QED) is 0.814. The first kappa shape index (κ1) is 12.4. The number of hydrogen-bond acceptors (Lipinski definition) is 3. The van der Waals surface area contributed by atoms with Gasteiger partial charge in [0, 0.05) is 24.0 Å². The Morgan fingerprint density at radius 2 is 2.12 bits per heavy atom. The molecule has 1 aromatic heterocycles. The van der Waals surface area contributed by atoms with Gasteiger partial charge in [-0.05, 0) is 18.4 Å². The zero-order valence-corrected chi connectivity index (χ0v) is 9.11. The largest absolute Gasteiger partial charge is 0.492 e. The van der Waals surface area contributed by atoms with Crippen LogP contribution in [0.2, 0.25) is 0 Å². The minimum atomic E-state index is -4.46. The van der Waals surface area contributed by atoms with Gasteiger partial charge < -0.3 is 9.68 Å². The monoisotopic (exact) mass is 245 g/mol.